The molecular formula is C6H12N5OP5. The molecule has 6 nitrogen and oxygen atoms in total. The van der Waals surface area contributed by atoms with Crippen LogP contribution in [0.2, 0.25) is 0 Å². The first-order chi connectivity index (χ1) is 8.45. The summed E-state index contributed by atoms with van der Waals surface area (Å²) in [6.45, 7) is 0. The van der Waals surface area contributed by atoms with Gasteiger partial charge >= 0.3 is 0 Å². The van der Waals surface area contributed by atoms with Crippen LogP contribution >= 0.6 is 42.5 Å². The summed E-state index contributed by atoms with van der Waals surface area (Å²) in [5, 5.41) is 0. The highest BCUT2D eigenvalue weighted by Gasteiger charge is 1.90. The Morgan fingerprint density at radius 2 is 1.94 bits per heavy atom. The number of nitrogens with zero attached hydrogens (tertiary/aromatic N) is 2. The average molecular weight is 325 g/mol. The monoisotopic (exact) mass is 325 g/mol. The number of aromatic amines is 3. The van der Waals surface area contributed by atoms with Gasteiger partial charge in [0.15, 0.2) is 14.3 Å². The third-order valence-electron chi connectivity index (χ3n) is 1.57. The molecule has 92 valence electrons. The van der Waals surface area contributed by atoms with Gasteiger partial charge in [-0.3, -0.25) is 0 Å². The first-order valence-electron chi connectivity index (χ1n) is 4.64. The highest BCUT2D eigenvalue weighted by molar-refractivity contribution is 7.44. The molecule has 0 saturated carbocycles. The Balaban J connectivity index is 2.27. The summed E-state index contributed by atoms with van der Waals surface area (Å²) in [5.74, 6) is 0.830. The largest absolute Gasteiger partial charge is 0.366 e. The van der Waals surface area contributed by atoms with Crippen LogP contribution in [0.15, 0.2) is 30.3 Å². The smallest absolute Gasteiger partial charge is 0.182 e. The van der Waals surface area contributed by atoms with Gasteiger partial charge in [0, 0.05) is 25.5 Å². The second kappa shape index (κ2) is 7.77. The lowest BCUT2D eigenvalue weighted by atomic mass is 10.3. The standard InChI is InChI=1S/C6H12N5OP5/c1-2-4-6(5-3-1)12-11-16-9-14-7-13-8-15-10-17-11/h1-5,7-9,13-16H. The van der Waals surface area contributed by atoms with Crippen LogP contribution in [0, 0.1) is 0 Å². The van der Waals surface area contributed by atoms with E-state index in [1.807, 2.05) is 30.3 Å². The number of benzene rings is 1. The zero-order valence-corrected chi connectivity index (χ0v) is 13.5. The number of H-pyrrole nitrogens is 3. The quantitative estimate of drug-likeness (QED) is 0.786. The minimum absolute atomic E-state index is 0.385. The Bertz CT molecular complexity index is 505. The first-order valence-corrected chi connectivity index (χ1v) is 9.34. The van der Waals surface area contributed by atoms with E-state index in [0.29, 0.717) is 34.0 Å². The Morgan fingerprint density at radius 1 is 1.12 bits per heavy atom. The number of para-hydroxylation sites is 1. The molecule has 2 aromatic rings. The van der Waals surface area contributed by atoms with Gasteiger partial charge in [0.25, 0.3) is 0 Å². The zero-order chi connectivity index (χ0) is 11.8. The molecule has 3 N–H and O–H groups in total. The van der Waals surface area contributed by atoms with Crippen molar-refractivity contribution in [3.05, 3.63) is 30.3 Å². The fourth-order valence-electron chi connectivity index (χ4n) is 0.930. The second-order valence-corrected chi connectivity index (χ2v) is 8.79. The molecule has 0 aliphatic rings. The van der Waals surface area contributed by atoms with E-state index in [1.165, 1.54) is 0 Å². The normalized spacial score (nSPS) is 11.5. The molecule has 11 heteroatoms. The zero-order valence-electron chi connectivity index (χ0n) is 8.64. The van der Waals surface area contributed by atoms with Gasteiger partial charge in [-0.05, 0) is 12.1 Å². The molecule has 0 bridgehead atoms. The van der Waals surface area contributed by atoms with Crippen LogP contribution < -0.4 is 4.84 Å². The second-order valence-electron chi connectivity index (χ2n) is 2.72. The molecule has 4 unspecified atom stereocenters. The minimum atomic E-state index is 0.385. The van der Waals surface area contributed by atoms with Crippen LogP contribution in [-0.4, -0.2) is 22.3 Å². The fourth-order valence-corrected chi connectivity index (χ4v) is 6.10. The predicted molar refractivity (Wildman–Crippen MR) is 81.1 cm³/mol. The van der Waals surface area contributed by atoms with E-state index in [0.717, 1.165) is 14.3 Å². The number of hydrogen-bond acceptors (Lipinski definition) is 2. The van der Waals surface area contributed by atoms with Gasteiger partial charge in [0.2, 0.25) is 0 Å². The van der Waals surface area contributed by atoms with Crippen LogP contribution in [0.1, 0.15) is 0 Å². The third-order valence-corrected chi connectivity index (χ3v) is 6.32. The van der Waals surface area contributed by atoms with Gasteiger partial charge in [-0.1, -0.05) is 18.2 Å². The van der Waals surface area contributed by atoms with Crippen LogP contribution in [-0.2, 0) is 0 Å². The van der Waals surface area contributed by atoms with Gasteiger partial charge in [0.05, 0.1) is 8.51 Å². The fraction of sp³-hybridized carbons (Fsp3) is 0. The summed E-state index contributed by atoms with van der Waals surface area (Å²) in [6, 6.07) is 9.74. The molecule has 0 radical (unpaired) electrons. The van der Waals surface area contributed by atoms with E-state index in [2.05, 4.69) is 18.0 Å². The third kappa shape index (κ3) is 5.13. The van der Waals surface area contributed by atoms with Crippen molar-refractivity contribution >= 4 is 42.5 Å². The van der Waals surface area contributed by atoms with Gasteiger partial charge in [0.1, 0.15) is 0 Å². The van der Waals surface area contributed by atoms with Crippen molar-refractivity contribution in [3.63, 3.8) is 0 Å². The maximum Gasteiger partial charge on any atom is 0.182 e. The van der Waals surface area contributed by atoms with Crippen LogP contribution in [0.3, 0.4) is 0 Å². The van der Waals surface area contributed by atoms with Crippen LogP contribution in [0.25, 0.3) is 0 Å². The topological polar surface area (TPSA) is 74.4 Å². The van der Waals surface area contributed by atoms with Gasteiger partial charge in [-0.15, -0.1) is 4.26 Å². The summed E-state index contributed by atoms with van der Waals surface area (Å²) in [4.78, 5) is 5.72. The molecule has 1 heterocycles. The Morgan fingerprint density at radius 3 is 2.82 bits per heavy atom. The molecule has 0 spiro atoms. The van der Waals surface area contributed by atoms with E-state index < -0.39 is 0 Å². The van der Waals surface area contributed by atoms with E-state index in [4.69, 9.17) is 4.84 Å². The Hall–Kier alpha value is -0.480. The summed E-state index contributed by atoms with van der Waals surface area (Å²) < 4.78 is 15.8. The number of aromatic nitrogens is 5. The van der Waals surface area contributed by atoms with E-state index in [1.54, 1.807) is 4.26 Å². The maximum atomic E-state index is 5.72. The van der Waals surface area contributed by atoms with Crippen LogP contribution in [0.4, 0.5) is 0 Å². The van der Waals surface area contributed by atoms with E-state index in [9.17, 15) is 0 Å². The molecular weight excluding hydrogens is 313 g/mol. The number of nitrogens with one attached hydrogen (secondary N) is 3. The molecule has 17 heavy (non-hydrogen) atoms. The lowest BCUT2D eigenvalue weighted by Crippen LogP contribution is -1.95. The van der Waals surface area contributed by atoms with E-state index in [-0.39, 0.29) is 0 Å². The van der Waals surface area contributed by atoms with Gasteiger partial charge in [-0.25, -0.2) is 0 Å². The van der Waals surface area contributed by atoms with Crippen molar-refractivity contribution < 1.29 is 4.84 Å². The Kier molecular flexibility index (Phi) is 5.93. The molecule has 2 rings (SSSR count). The van der Waals surface area contributed by atoms with Crippen molar-refractivity contribution in [1.29, 1.82) is 0 Å². The van der Waals surface area contributed by atoms with Crippen molar-refractivity contribution in [2.24, 2.45) is 0 Å². The molecule has 4 atom stereocenters. The molecule has 0 aliphatic heterocycles. The average Bonchev–Trinajstić information content (AvgIpc) is 2.38. The molecule has 1 aromatic heterocycles. The SMILES string of the molecule is c1ccc(On2pn[pH][nH][pH][nH][pH][nH][pH]2)cc1. The van der Waals surface area contributed by atoms with Crippen molar-refractivity contribution in [1.82, 2.24) is 22.3 Å². The van der Waals surface area contributed by atoms with Crippen LogP contribution in [0.5, 0.6) is 5.75 Å². The summed E-state index contributed by atoms with van der Waals surface area (Å²) in [5.41, 5.74) is 0. The van der Waals surface area contributed by atoms with Crippen molar-refractivity contribution in [2.45, 2.75) is 0 Å². The highest BCUT2D eigenvalue weighted by Crippen LogP contribution is 2.15. The Labute approximate surface area is 106 Å². The summed E-state index contributed by atoms with van der Waals surface area (Å²) in [6.07, 6.45) is 0. The summed E-state index contributed by atoms with van der Waals surface area (Å²) >= 11 is 0. The molecule has 0 fully saturated rings. The molecule has 1 aromatic carbocycles. The lowest BCUT2D eigenvalue weighted by molar-refractivity contribution is 0.277. The van der Waals surface area contributed by atoms with Crippen molar-refractivity contribution in [2.75, 3.05) is 0 Å². The molecule has 0 amide bonds. The van der Waals surface area contributed by atoms with Gasteiger partial charge < -0.3 is 18.4 Å². The molecule has 0 aliphatic carbocycles. The molecule has 0 saturated heterocycles. The van der Waals surface area contributed by atoms with E-state index >= 15 is 0 Å². The maximum absolute atomic E-state index is 5.72. The lowest BCUT2D eigenvalue weighted by Gasteiger charge is -2.03. The number of hydrogen-bond donors (Lipinski definition) is 3. The van der Waals surface area contributed by atoms with Crippen molar-refractivity contribution in [3.8, 4) is 5.75 Å². The minimum Gasteiger partial charge on any atom is -0.366 e. The number of rotatable bonds is 2. The highest BCUT2D eigenvalue weighted by atomic mass is 31.1. The predicted octanol–water partition coefficient (Wildman–Crippen LogP) is 3.79. The first kappa shape index (κ1) is 13.0. The summed E-state index contributed by atoms with van der Waals surface area (Å²) in [7, 11) is 2.70. The van der Waals surface area contributed by atoms with Gasteiger partial charge in [-0.2, -0.15) is 4.51 Å².